The van der Waals surface area contributed by atoms with Gasteiger partial charge in [-0.3, -0.25) is 29.0 Å². The summed E-state index contributed by atoms with van der Waals surface area (Å²) in [5, 5.41) is 20.1. The van der Waals surface area contributed by atoms with Crippen LogP contribution in [-0.4, -0.2) is 28.7 Å². The Balaban J connectivity index is 1.01. The molecule has 0 spiro atoms. The first kappa shape index (κ1) is 34.5. The van der Waals surface area contributed by atoms with Gasteiger partial charge in [-0.05, 0) is 96.9 Å². The van der Waals surface area contributed by atoms with Crippen LogP contribution in [-0.2, 0) is 19.2 Å². The number of phenols is 1. The van der Waals surface area contributed by atoms with E-state index >= 15 is 0 Å². The minimum Gasteiger partial charge on any atom is -0.507 e. The number of amides is 4. The molecular weight excluding hydrogens is 713 g/mol. The molecule has 3 fully saturated rings. The molecule has 3 N–H and O–H groups in total. The lowest BCUT2D eigenvalue weighted by Gasteiger charge is -2.44. The van der Waals surface area contributed by atoms with Crippen LogP contribution in [0.2, 0.25) is 0 Å². The topological polar surface area (TPSA) is 119 Å². The van der Waals surface area contributed by atoms with Crippen molar-refractivity contribution in [1.29, 1.82) is 0 Å². The van der Waals surface area contributed by atoms with Crippen molar-refractivity contribution in [2.45, 2.75) is 18.8 Å². The number of rotatable bonds is 7. The van der Waals surface area contributed by atoms with Crippen molar-refractivity contribution in [2.75, 3.05) is 20.4 Å². The number of hydrogen-bond acceptors (Lipinski definition) is 7. The van der Waals surface area contributed by atoms with Gasteiger partial charge in [0.05, 0.1) is 35.0 Å². The lowest BCUT2D eigenvalue weighted by molar-refractivity contribution is -0.126. The minimum absolute atomic E-state index is 0.0511. The van der Waals surface area contributed by atoms with Gasteiger partial charge in [0.1, 0.15) is 5.75 Å². The maximum atomic E-state index is 14.7. The SMILES string of the molecule is O=C1C2CC=C3C(CC4C(=O)N(c5ccc(Nc6ccccc6)cc5)C(=O)C4C3c3ccc4ccccc4c3O)C2C(=O)N1c1ccc(Nc2ccccc2)cc1. The van der Waals surface area contributed by atoms with Crippen LogP contribution in [0.1, 0.15) is 24.3 Å². The van der Waals surface area contributed by atoms with Gasteiger partial charge in [-0.2, -0.15) is 0 Å². The number of fused-ring (bicyclic) bond motifs is 5. The van der Waals surface area contributed by atoms with Gasteiger partial charge in [0.2, 0.25) is 23.6 Å². The van der Waals surface area contributed by atoms with E-state index in [2.05, 4.69) is 10.6 Å². The predicted octanol–water partition coefficient (Wildman–Crippen LogP) is 9.08. The van der Waals surface area contributed by atoms with E-state index in [0.717, 1.165) is 33.7 Å². The lowest BCUT2D eigenvalue weighted by atomic mass is 9.57. The molecule has 2 aliphatic carbocycles. The van der Waals surface area contributed by atoms with E-state index in [0.29, 0.717) is 28.7 Å². The molecule has 9 heteroatoms. The molecule has 6 aromatic rings. The van der Waals surface area contributed by atoms with Gasteiger partial charge in [-0.25, -0.2) is 0 Å². The van der Waals surface area contributed by atoms with Crippen LogP contribution in [0.15, 0.2) is 157 Å². The number of allylic oxidation sites excluding steroid dienone is 2. The highest BCUT2D eigenvalue weighted by atomic mass is 16.3. The Morgan fingerprint density at radius 3 is 1.60 bits per heavy atom. The molecule has 9 nitrogen and oxygen atoms in total. The first-order valence-corrected chi connectivity index (χ1v) is 19.4. The van der Waals surface area contributed by atoms with Gasteiger partial charge in [0.15, 0.2) is 0 Å². The van der Waals surface area contributed by atoms with Crippen LogP contribution in [0, 0.1) is 29.6 Å². The second-order valence-corrected chi connectivity index (χ2v) is 15.3. The Kier molecular flexibility index (Phi) is 8.25. The molecule has 10 rings (SSSR count). The van der Waals surface area contributed by atoms with Crippen molar-refractivity contribution < 1.29 is 24.3 Å². The molecular formula is C48H38N4O5. The summed E-state index contributed by atoms with van der Waals surface area (Å²) in [6.07, 6.45) is 2.56. The molecule has 57 heavy (non-hydrogen) atoms. The smallest absolute Gasteiger partial charge is 0.238 e. The van der Waals surface area contributed by atoms with Crippen molar-refractivity contribution in [3.05, 3.63) is 163 Å². The number of benzene rings is 6. The molecule has 2 heterocycles. The second kappa shape index (κ2) is 13.6. The Labute approximate surface area is 329 Å². The number of carbonyl (C=O) groups is 4. The van der Waals surface area contributed by atoms with Gasteiger partial charge in [-0.1, -0.05) is 84.4 Å². The van der Waals surface area contributed by atoms with Gasteiger partial charge in [0, 0.05) is 39.6 Å². The Hall–Kier alpha value is -7.00. The van der Waals surface area contributed by atoms with Crippen LogP contribution in [0.5, 0.6) is 5.75 Å². The zero-order chi connectivity index (χ0) is 38.8. The highest BCUT2D eigenvalue weighted by Crippen LogP contribution is 2.59. The van der Waals surface area contributed by atoms with Crippen molar-refractivity contribution in [3.8, 4) is 5.75 Å². The zero-order valence-corrected chi connectivity index (χ0v) is 30.8. The third-order valence-corrected chi connectivity index (χ3v) is 12.3. The second-order valence-electron chi connectivity index (χ2n) is 15.3. The van der Waals surface area contributed by atoms with E-state index in [9.17, 15) is 24.3 Å². The van der Waals surface area contributed by atoms with Gasteiger partial charge < -0.3 is 15.7 Å². The molecule has 4 aliphatic rings. The summed E-state index contributed by atoms with van der Waals surface area (Å²) in [5.74, 6) is -5.27. The number of nitrogens with zero attached hydrogens (tertiary/aromatic N) is 2. The summed E-state index contributed by atoms with van der Waals surface area (Å²) in [6, 6.07) is 45.2. The minimum atomic E-state index is -0.807. The van der Waals surface area contributed by atoms with E-state index in [1.165, 1.54) is 9.80 Å². The summed E-state index contributed by atoms with van der Waals surface area (Å²) in [4.78, 5) is 60.7. The highest BCUT2D eigenvalue weighted by molar-refractivity contribution is 6.24. The van der Waals surface area contributed by atoms with E-state index in [-0.39, 0.29) is 35.8 Å². The number of aromatic hydroxyl groups is 1. The maximum absolute atomic E-state index is 14.7. The summed E-state index contributed by atoms with van der Waals surface area (Å²) in [6.45, 7) is 0. The van der Waals surface area contributed by atoms with Crippen LogP contribution in [0.4, 0.5) is 34.1 Å². The molecule has 280 valence electrons. The number of anilines is 6. The monoisotopic (exact) mass is 750 g/mol. The number of phenolic OH excluding ortho intramolecular Hbond substituents is 1. The predicted molar refractivity (Wildman–Crippen MR) is 220 cm³/mol. The first-order valence-electron chi connectivity index (χ1n) is 19.4. The number of nitrogens with one attached hydrogen (secondary N) is 2. The number of para-hydroxylation sites is 2. The molecule has 0 aromatic heterocycles. The fourth-order valence-corrected chi connectivity index (χ4v) is 9.73. The number of imide groups is 2. The summed E-state index contributed by atoms with van der Waals surface area (Å²) < 4.78 is 0. The van der Waals surface area contributed by atoms with E-state index in [1.54, 1.807) is 24.3 Å². The molecule has 6 atom stereocenters. The molecule has 0 bridgehead atoms. The Morgan fingerprint density at radius 2 is 1.00 bits per heavy atom. The normalized spacial score (nSPS) is 23.9. The fourth-order valence-electron chi connectivity index (χ4n) is 9.73. The number of carbonyl (C=O) groups excluding carboxylic acids is 4. The largest absolute Gasteiger partial charge is 0.507 e. The van der Waals surface area contributed by atoms with Gasteiger partial charge in [0.25, 0.3) is 0 Å². The molecule has 6 unspecified atom stereocenters. The number of hydrogen-bond donors (Lipinski definition) is 3. The summed E-state index contributed by atoms with van der Waals surface area (Å²) >= 11 is 0. The molecule has 0 radical (unpaired) electrons. The highest BCUT2D eigenvalue weighted by Gasteiger charge is 2.62. The standard InChI is InChI=1S/C48H38N4O5/c53-44-35-14-8-7-9-28(35)15-24-37(44)41-36-25-26-38-42(47(56)51(45(38)54)33-20-16-31(17-21-33)49-29-10-3-1-4-11-29)39(36)27-40-43(41)48(57)52(46(40)55)34-22-18-32(19-23-34)50-30-12-5-2-6-13-30/h1-25,38-43,49-50,53H,26-27H2. The van der Waals surface area contributed by atoms with Crippen LogP contribution in [0.25, 0.3) is 10.8 Å². The van der Waals surface area contributed by atoms with Crippen molar-refractivity contribution in [3.63, 3.8) is 0 Å². The van der Waals surface area contributed by atoms with Crippen LogP contribution in [0.3, 0.4) is 0 Å². The first-order chi connectivity index (χ1) is 27.9. The third kappa shape index (κ3) is 5.68. The molecule has 1 saturated carbocycles. The summed E-state index contributed by atoms with van der Waals surface area (Å²) in [5.41, 5.74) is 5.76. The van der Waals surface area contributed by atoms with E-state index in [4.69, 9.17) is 0 Å². The van der Waals surface area contributed by atoms with Crippen LogP contribution >= 0.6 is 0 Å². The van der Waals surface area contributed by atoms with Crippen LogP contribution < -0.4 is 20.4 Å². The lowest BCUT2D eigenvalue weighted by Crippen LogP contribution is -2.43. The zero-order valence-electron chi connectivity index (χ0n) is 30.8. The fraction of sp³-hybridized carbons (Fsp3) is 0.167. The van der Waals surface area contributed by atoms with E-state index < -0.39 is 35.5 Å². The molecule has 6 aromatic carbocycles. The average molecular weight is 751 g/mol. The molecule has 2 saturated heterocycles. The van der Waals surface area contributed by atoms with Gasteiger partial charge >= 0.3 is 0 Å². The van der Waals surface area contributed by atoms with E-state index in [1.807, 2.05) is 127 Å². The molecule has 2 aliphatic heterocycles. The average Bonchev–Trinajstić information content (AvgIpc) is 3.65. The quantitative estimate of drug-likeness (QED) is 0.110. The van der Waals surface area contributed by atoms with Crippen molar-refractivity contribution in [2.24, 2.45) is 29.6 Å². The van der Waals surface area contributed by atoms with Crippen molar-refractivity contribution >= 4 is 68.5 Å². The molecule has 4 amide bonds. The maximum Gasteiger partial charge on any atom is 0.238 e. The Morgan fingerprint density at radius 1 is 0.491 bits per heavy atom. The third-order valence-electron chi connectivity index (χ3n) is 12.3. The summed E-state index contributed by atoms with van der Waals surface area (Å²) in [7, 11) is 0. The Bertz CT molecular complexity index is 2610. The van der Waals surface area contributed by atoms with Gasteiger partial charge in [-0.15, -0.1) is 0 Å². The van der Waals surface area contributed by atoms with Crippen molar-refractivity contribution in [1.82, 2.24) is 0 Å².